The molecule has 0 saturated heterocycles. The Morgan fingerprint density at radius 2 is 2.05 bits per heavy atom. The van der Waals surface area contributed by atoms with E-state index in [1.807, 2.05) is 6.07 Å². The van der Waals surface area contributed by atoms with Crippen LogP contribution in [-0.2, 0) is 4.74 Å². The molecule has 1 amide bonds. The number of nitrogens with zero attached hydrogens (tertiary/aromatic N) is 6. The summed E-state index contributed by atoms with van der Waals surface area (Å²) in [5.74, 6) is -0.299. The number of nitriles is 1. The first-order valence-corrected chi connectivity index (χ1v) is 12.0. The first-order chi connectivity index (χ1) is 18.4. The lowest BCUT2D eigenvalue weighted by molar-refractivity contribution is 0.143. The Morgan fingerprint density at radius 3 is 2.68 bits per heavy atom. The van der Waals surface area contributed by atoms with Crippen LogP contribution in [0.4, 0.5) is 26.5 Å². The topological polar surface area (TPSA) is 172 Å². The number of ether oxygens (including phenoxy) is 2. The van der Waals surface area contributed by atoms with Gasteiger partial charge in [-0.15, -0.1) is 4.80 Å². The fraction of sp³-hybridized carbons (Fsp3) is 0.417. The Kier molecular flexibility index (Phi) is 8.49. The first kappa shape index (κ1) is 26.6. The van der Waals surface area contributed by atoms with Crippen LogP contribution >= 0.6 is 0 Å². The normalized spacial score (nSPS) is 14.6. The van der Waals surface area contributed by atoms with Gasteiger partial charge in [-0.3, -0.25) is 0 Å². The molecule has 0 bridgehead atoms. The van der Waals surface area contributed by atoms with Crippen molar-refractivity contribution in [2.75, 3.05) is 31.0 Å². The second kappa shape index (κ2) is 12.2. The van der Waals surface area contributed by atoms with Crippen molar-refractivity contribution in [3.63, 3.8) is 0 Å². The molecule has 38 heavy (non-hydrogen) atoms. The van der Waals surface area contributed by atoms with E-state index in [1.165, 1.54) is 23.4 Å². The molecule has 13 nitrogen and oxygen atoms in total. The maximum atomic E-state index is 15.0. The fourth-order valence-corrected chi connectivity index (χ4v) is 4.13. The van der Waals surface area contributed by atoms with Gasteiger partial charge in [-0.2, -0.15) is 15.5 Å². The Balaban J connectivity index is 1.63. The van der Waals surface area contributed by atoms with E-state index < -0.39 is 18.0 Å². The minimum Gasteiger partial charge on any atom is -0.474 e. The minimum absolute atomic E-state index is 0.0239. The third-order valence-electron chi connectivity index (χ3n) is 6.20. The van der Waals surface area contributed by atoms with Crippen LogP contribution in [0, 0.1) is 23.1 Å². The van der Waals surface area contributed by atoms with Gasteiger partial charge in [0.15, 0.2) is 17.5 Å². The summed E-state index contributed by atoms with van der Waals surface area (Å²) in [4.78, 5) is 21.2. The van der Waals surface area contributed by atoms with Gasteiger partial charge in [-0.25, -0.2) is 19.2 Å². The van der Waals surface area contributed by atoms with Crippen LogP contribution in [0.5, 0.6) is 5.88 Å². The highest BCUT2D eigenvalue weighted by Gasteiger charge is 2.33. The van der Waals surface area contributed by atoms with Gasteiger partial charge in [-0.1, -0.05) is 6.42 Å². The summed E-state index contributed by atoms with van der Waals surface area (Å²) in [6.45, 7) is 2.34. The molecule has 0 spiro atoms. The number of anilines is 3. The van der Waals surface area contributed by atoms with Gasteiger partial charge < -0.3 is 30.5 Å². The highest BCUT2D eigenvalue weighted by Crippen LogP contribution is 2.34. The molecule has 0 radical (unpaired) electrons. The number of aromatic nitrogens is 5. The monoisotopic (exact) mass is 525 g/mol. The van der Waals surface area contributed by atoms with Crippen molar-refractivity contribution in [3.05, 3.63) is 42.1 Å². The summed E-state index contributed by atoms with van der Waals surface area (Å²) in [6.07, 6.45) is 6.12. The summed E-state index contributed by atoms with van der Waals surface area (Å²) in [6, 6.07) is 3.81. The van der Waals surface area contributed by atoms with Crippen LogP contribution in [0.3, 0.4) is 0 Å². The van der Waals surface area contributed by atoms with E-state index in [4.69, 9.17) is 14.6 Å². The molecule has 3 aromatic heterocycles. The van der Waals surface area contributed by atoms with Gasteiger partial charge in [0, 0.05) is 13.2 Å². The molecule has 2 atom stereocenters. The van der Waals surface area contributed by atoms with Gasteiger partial charge in [0.05, 0.1) is 42.5 Å². The summed E-state index contributed by atoms with van der Waals surface area (Å²) in [5, 5.41) is 35.6. The van der Waals surface area contributed by atoms with Crippen LogP contribution in [0.15, 0.2) is 30.7 Å². The molecule has 200 valence electrons. The number of amides is 1. The van der Waals surface area contributed by atoms with Gasteiger partial charge in [0.2, 0.25) is 5.88 Å². The fourth-order valence-electron chi connectivity index (χ4n) is 4.13. The molecule has 14 heteroatoms. The van der Waals surface area contributed by atoms with Crippen molar-refractivity contribution in [1.82, 2.24) is 30.3 Å². The number of methoxy groups -OCH3 is 1. The van der Waals surface area contributed by atoms with E-state index in [9.17, 15) is 14.4 Å². The van der Waals surface area contributed by atoms with Crippen LogP contribution < -0.4 is 20.7 Å². The maximum Gasteiger partial charge on any atom is 0.404 e. The van der Waals surface area contributed by atoms with E-state index in [2.05, 4.69) is 36.1 Å². The zero-order chi connectivity index (χ0) is 27.1. The van der Waals surface area contributed by atoms with Crippen molar-refractivity contribution >= 4 is 23.4 Å². The number of pyridine rings is 2. The number of carbonyl (C=O) groups is 1. The largest absolute Gasteiger partial charge is 0.474 e. The second-order valence-electron chi connectivity index (χ2n) is 8.76. The zero-order valence-electron chi connectivity index (χ0n) is 20.9. The molecule has 0 aliphatic heterocycles. The van der Waals surface area contributed by atoms with Crippen molar-refractivity contribution in [3.8, 4) is 17.6 Å². The summed E-state index contributed by atoms with van der Waals surface area (Å²) in [5.41, 5.74) is 0.826. The standard InChI is InChI=1S/C24H28FN9O4/c1-14(30-24(35)36)20(15-4-3-5-15)32-22-18(25)10-16(12-26)21(33-22)31-17-11-19(34-28-6-7-29-34)23(27-13-17)38-9-8-37-2/h6-7,10-11,13-15,20,30H,3-5,8-9H2,1-2H3,(H,35,36)(H2,31,32,33)/t14-,20+/m0/s1. The lowest BCUT2D eigenvalue weighted by Gasteiger charge is -2.38. The molecule has 3 aromatic rings. The molecule has 1 saturated carbocycles. The van der Waals surface area contributed by atoms with Gasteiger partial charge in [0.1, 0.15) is 18.4 Å². The zero-order valence-corrected chi connectivity index (χ0v) is 20.9. The summed E-state index contributed by atoms with van der Waals surface area (Å²) < 4.78 is 25.7. The third kappa shape index (κ3) is 6.24. The number of nitrogens with one attached hydrogen (secondary N) is 3. The predicted molar refractivity (Wildman–Crippen MR) is 134 cm³/mol. The van der Waals surface area contributed by atoms with Crippen LogP contribution in [0.2, 0.25) is 0 Å². The summed E-state index contributed by atoms with van der Waals surface area (Å²) >= 11 is 0. The van der Waals surface area contributed by atoms with Crippen molar-refractivity contribution in [1.29, 1.82) is 5.26 Å². The number of rotatable bonds is 12. The minimum atomic E-state index is -1.16. The van der Waals surface area contributed by atoms with Crippen molar-refractivity contribution in [2.24, 2.45) is 5.92 Å². The van der Waals surface area contributed by atoms with E-state index in [-0.39, 0.29) is 41.6 Å². The Labute approximate surface area is 218 Å². The quantitative estimate of drug-likeness (QED) is 0.256. The molecular formula is C24H28FN9O4. The maximum absolute atomic E-state index is 15.0. The van der Waals surface area contributed by atoms with Crippen LogP contribution in [-0.4, -0.2) is 68.6 Å². The molecule has 4 N–H and O–H groups in total. The molecular weight excluding hydrogens is 497 g/mol. The average Bonchev–Trinajstić information content (AvgIpc) is 3.39. The van der Waals surface area contributed by atoms with Crippen molar-refractivity contribution < 1.29 is 23.8 Å². The smallest absolute Gasteiger partial charge is 0.404 e. The molecule has 1 aliphatic rings. The first-order valence-electron chi connectivity index (χ1n) is 12.0. The van der Waals surface area contributed by atoms with Crippen LogP contribution in [0.25, 0.3) is 5.69 Å². The average molecular weight is 526 g/mol. The molecule has 3 heterocycles. The second-order valence-corrected chi connectivity index (χ2v) is 8.76. The number of carboxylic acid groups (broad SMARTS) is 1. The Bertz CT molecular complexity index is 1290. The van der Waals surface area contributed by atoms with E-state index in [1.54, 1.807) is 20.1 Å². The molecule has 1 aliphatic carbocycles. The number of hydrogen-bond acceptors (Lipinski definition) is 10. The Morgan fingerprint density at radius 1 is 1.29 bits per heavy atom. The third-order valence-corrected chi connectivity index (χ3v) is 6.20. The lowest BCUT2D eigenvalue weighted by Crippen LogP contribution is -2.50. The SMILES string of the molecule is COCCOc1ncc(Nc2nc(N[C@@H](C3CCC3)[C@H](C)NC(=O)O)c(F)cc2C#N)cc1-n1nccn1. The molecule has 0 aromatic carbocycles. The van der Waals surface area contributed by atoms with E-state index in [0.717, 1.165) is 25.3 Å². The van der Waals surface area contributed by atoms with Gasteiger partial charge in [0.25, 0.3) is 0 Å². The lowest BCUT2D eigenvalue weighted by atomic mass is 9.77. The van der Waals surface area contributed by atoms with Gasteiger partial charge in [-0.05, 0) is 37.8 Å². The van der Waals surface area contributed by atoms with E-state index >= 15 is 0 Å². The molecule has 1 fully saturated rings. The highest BCUT2D eigenvalue weighted by molar-refractivity contribution is 5.67. The highest BCUT2D eigenvalue weighted by atomic mass is 19.1. The summed E-state index contributed by atoms with van der Waals surface area (Å²) in [7, 11) is 1.56. The number of hydrogen-bond donors (Lipinski definition) is 4. The molecule has 0 unspecified atom stereocenters. The Hall–Kier alpha value is -4.51. The van der Waals surface area contributed by atoms with Crippen LogP contribution in [0.1, 0.15) is 31.7 Å². The predicted octanol–water partition coefficient (Wildman–Crippen LogP) is 3.07. The van der Waals surface area contributed by atoms with Gasteiger partial charge >= 0.3 is 6.09 Å². The molecule has 4 rings (SSSR count). The van der Waals surface area contributed by atoms with Crippen molar-refractivity contribution in [2.45, 2.75) is 38.3 Å². The van der Waals surface area contributed by atoms with E-state index in [0.29, 0.717) is 18.0 Å². The number of halogens is 1.